The van der Waals surface area contributed by atoms with Crippen LogP contribution >= 0.6 is 0 Å². The van der Waals surface area contributed by atoms with E-state index in [2.05, 4.69) is 108 Å². The standard InChI is InChI=1S/C45H33N/c1-3-14-33(15-4-1)45(34-16-5-2-6-17-34)43-22-12-11-21-40(43)41-28-27-36(30-44(41)45)46-35-25-23-31(24-26-35)42-29-32-13-7-8-18-37(32)38-19-9-10-20-39(38)42/h1-25,27-30,35,46H,26H2/i27D,28D,30D. The first-order chi connectivity index (χ1) is 24.1. The highest BCUT2D eigenvalue weighted by Gasteiger charge is 2.46. The molecule has 1 atom stereocenters. The van der Waals surface area contributed by atoms with E-state index in [9.17, 15) is 4.11 Å². The van der Waals surface area contributed by atoms with Crippen molar-refractivity contribution in [2.45, 2.75) is 17.9 Å². The average Bonchev–Trinajstić information content (AvgIpc) is 3.48. The zero-order valence-electron chi connectivity index (χ0n) is 28.3. The zero-order chi connectivity index (χ0) is 33.1. The topological polar surface area (TPSA) is 12.0 Å². The second-order valence-electron chi connectivity index (χ2n) is 12.2. The number of rotatable bonds is 5. The fourth-order valence-corrected chi connectivity index (χ4v) is 7.67. The van der Waals surface area contributed by atoms with Crippen LogP contribution in [0.5, 0.6) is 0 Å². The molecule has 0 fully saturated rings. The summed E-state index contributed by atoms with van der Waals surface area (Å²) in [6.45, 7) is 0. The summed E-state index contributed by atoms with van der Waals surface area (Å²) in [4.78, 5) is 0. The smallest absolute Gasteiger partial charge is 0.0714 e. The lowest BCUT2D eigenvalue weighted by molar-refractivity contribution is 0.768. The number of nitrogens with one attached hydrogen (secondary N) is 1. The molecule has 2 aliphatic rings. The SMILES string of the molecule is [2H]c1c([2H])c2c(c([2H])c1NC1C=CC(c3cc4ccccc4c4ccccc34)=CC1)C(c1ccccc1)(c1ccccc1)c1ccccc1-2. The van der Waals surface area contributed by atoms with Crippen molar-refractivity contribution >= 4 is 32.8 Å². The molecule has 0 amide bonds. The Balaban J connectivity index is 1.16. The van der Waals surface area contributed by atoms with Gasteiger partial charge in [0, 0.05) is 11.7 Å². The van der Waals surface area contributed by atoms with Gasteiger partial charge in [0.2, 0.25) is 0 Å². The van der Waals surface area contributed by atoms with Gasteiger partial charge in [0.05, 0.1) is 9.53 Å². The molecule has 2 aliphatic carbocycles. The van der Waals surface area contributed by atoms with Gasteiger partial charge < -0.3 is 5.32 Å². The largest absolute Gasteiger partial charge is 0.379 e. The van der Waals surface area contributed by atoms with E-state index >= 15 is 0 Å². The first-order valence-corrected chi connectivity index (χ1v) is 16.0. The van der Waals surface area contributed by atoms with Crippen molar-refractivity contribution in [3.05, 3.63) is 204 Å². The lowest BCUT2D eigenvalue weighted by atomic mass is 9.67. The fraction of sp³-hybridized carbons (Fsp3) is 0.0667. The molecule has 0 saturated carbocycles. The molecule has 0 radical (unpaired) electrons. The second kappa shape index (κ2) is 10.8. The van der Waals surface area contributed by atoms with E-state index in [1.807, 2.05) is 54.6 Å². The van der Waals surface area contributed by atoms with Crippen molar-refractivity contribution in [2.75, 3.05) is 5.32 Å². The molecular weight excluding hydrogens is 555 g/mol. The number of anilines is 1. The van der Waals surface area contributed by atoms with Gasteiger partial charge in [-0.05, 0) is 90.6 Å². The Morgan fingerprint density at radius 1 is 0.587 bits per heavy atom. The van der Waals surface area contributed by atoms with Gasteiger partial charge in [-0.2, -0.15) is 0 Å². The highest BCUT2D eigenvalue weighted by atomic mass is 14.9. The average molecular weight is 591 g/mol. The van der Waals surface area contributed by atoms with Gasteiger partial charge in [-0.1, -0.05) is 158 Å². The van der Waals surface area contributed by atoms with Crippen molar-refractivity contribution in [1.82, 2.24) is 0 Å². The summed E-state index contributed by atoms with van der Waals surface area (Å²) in [6, 6.07) is 48.6. The van der Waals surface area contributed by atoms with Gasteiger partial charge in [-0.3, -0.25) is 0 Å². The molecule has 0 aliphatic heterocycles. The third kappa shape index (κ3) is 4.09. The lowest BCUT2D eigenvalue weighted by Gasteiger charge is -2.34. The predicted octanol–water partition coefficient (Wildman–Crippen LogP) is 11.2. The Labute approximate surface area is 274 Å². The van der Waals surface area contributed by atoms with E-state index in [0.717, 1.165) is 33.4 Å². The maximum atomic E-state index is 9.85. The maximum Gasteiger partial charge on any atom is 0.0714 e. The van der Waals surface area contributed by atoms with Crippen molar-refractivity contribution in [3.8, 4) is 11.1 Å². The van der Waals surface area contributed by atoms with Crippen LogP contribution in [0.15, 0.2) is 176 Å². The molecule has 0 saturated heterocycles. The Morgan fingerprint density at radius 2 is 1.24 bits per heavy atom. The summed E-state index contributed by atoms with van der Waals surface area (Å²) < 4.78 is 28.5. The summed E-state index contributed by atoms with van der Waals surface area (Å²) in [7, 11) is 0. The van der Waals surface area contributed by atoms with Crippen molar-refractivity contribution in [3.63, 3.8) is 0 Å². The Kier molecular flexibility index (Phi) is 5.54. The quantitative estimate of drug-likeness (QED) is 0.197. The van der Waals surface area contributed by atoms with Crippen LogP contribution in [0.1, 0.15) is 38.4 Å². The van der Waals surface area contributed by atoms with Gasteiger partial charge in [0.1, 0.15) is 0 Å². The van der Waals surface area contributed by atoms with Gasteiger partial charge >= 0.3 is 0 Å². The molecule has 0 bridgehead atoms. The van der Waals surface area contributed by atoms with Crippen LogP contribution in [0.2, 0.25) is 0 Å². The van der Waals surface area contributed by atoms with Crippen LogP contribution < -0.4 is 5.32 Å². The minimum atomic E-state index is -0.807. The van der Waals surface area contributed by atoms with Crippen LogP contribution in [-0.2, 0) is 5.41 Å². The molecule has 1 unspecified atom stereocenters. The molecule has 0 aromatic heterocycles. The van der Waals surface area contributed by atoms with Crippen LogP contribution in [-0.4, -0.2) is 6.04 Å². The van der Waals surface area contributed by atoms with E-state index in [1.54, 1.807) is 0 Å². The van der Waals surface area contributed by atoms with Crippen LogP contribution in [0, 0.1) is 0 Å². The number of benzene rings is 7. The number of hydrogen-bond donors (Lipinski definition) is 1. The van der Waals surface area contributed by atoms with Crippen LogP contribution in [0.4, 0.5) is 5.69 Å². The van der Waals surface area contributed by atoms with Gasteiger partial charge in [0.25, 0.3) is 0 Å². The lowest BCUT2D eigenvalue weighted by Crippen LogP contribution is -2.28. The highest BCUT2D eigenvalue weighted by Crippen LogP contribution is 2.56. The molecule has 46 heavy (non-hydrogen) atoms. The van der Waals surface area contributed by atoms with E-state index < -0.39 is 5.41 Å². The van der Waals surface area contributed by atoms with E-state index in [0.29, 0.717) is 17.7 Å². The molecule has 7 aromatic rings. The molecular formula is C45H33N. The molecule has 1 N–H and O–H groups in total. The van der Waals surface area contributed by atoms with E-state index in [-0.39, 0.29) is 24.2 Å². The molecule has 1 nitrogen and oxygen atoms in total. The molecule has 9 rings (SSSR count). The monoisotopic (exact) mass is 590 g/mol. The van der Waals surface area contributed by atoms with Crippen molar-refractivity contribution in [1.29, 1.82) is 0 Å². The Bertz CT molecular complexity index is 2440. The van der Waals surface area contributed by atoms with Crippen molar-refractivity contribution < 1.29 is 4.11 Å². The van der Waals surface area contributed by atoms with Crippen LogP contribution in [0.25, 0.3) is 38.2 Å². The highest BCUT2D eigenvalue weighted by molar-refractivity contribution is 6.12. The molecule has 1 heteroatoms. The molecule has 0 heterocycles. The van der Waals surface area contributed by atoms with Crippen LogP contribution in [0.3, 0.4) is 0 Å². The van der Waals surface area contributed by atoms with Gasteiger partial charge in [-0.15, -0.1) is 0 Å². The van der Waals surface area contributed by atoms with E-state index in [1.165, 1.54) is 27.1 Å². The first-order valence-electron chi connectivity index (χ1n) is 17.5. The minimum Gasteiger partial charge on any atom is -0.379 e. The number of allylic oxidation sites excluding steroid dienone is 2. The fourth-order valence-electron chi connectivity index (χ4n) is 7.67. The Hall–Kier alpha value is -5.66. The second-order valence-corrected chi connectivity index (χ2v) is 12.2. The van der Waals surface area contributed by atoms with Gasteiger partial charge in [0.15, 0.2) is 0 Å². The summed E-state index contributed by atoms with van der Waals surface area (Å²) in [5, 5.41) is 8.50. The third-order valence-electron chi connectivity index (χ3n) is 9.71. The summed E-state index contributed by atoms with van der Waals surface area (Å²) >= 11 is 0. The Morgan fingerprint density at radius 3 is 1.98 bits per heavy atom. The zero-order valence-corrected chi connectivity index (χ0v) is 25.3. The number of hydrogen-bond acceptors (Lipinski definition) is 1. The minimum absolute atomic E-state index is 0.0548. The normalized spacial score (nSPS) is 17.1. The summed E-state index contributed by atoms with van der Waals surface area (Å²) in [5.74, 6) is 0. The molecule has 218 valence electrons. The number of fused-ring (bicyclic) bond motifs is 6. The molecule has 7 aromatic carbocycles. The predicted molar refractivity (Wildman–Crippen MR) is 194 cm³/mol. The van der Waals surface area contributed by atoms with Gasteiger partial charge in [-0.25, -0.2) is 0 Å². The summed E-state index contributed by atoms with van der Waals surface area (Å²) in [5.41, 5.74) is 7.41. The summed E-state index contributed by atoms with van der Waals surface area (Å²) in [6.07, 6.45) is 7.25. The van der Waals surface area contributed by atoms with E-state index in [4.69, 9.17) is 0 Å². The van der Waals surface area contributed by atoms with Crippen molar-refractivity contribution in [2.24, 2.45) is 0 Å². The third-order valence-corrected chi connectivity index (χ3v) is 9.71. The first kappa shape index (κ1) is 23.7. The maximum absolute atomic E-state index is 9.85. The molecule has 0 spiro atoms.